The van der Waals surface area contributed by atoms with Crippen LogP contribution in [0.15, 0.2) is 61.7 Å². The van der Waals surface area contributed by atoms with E-state index in [-0.39, 0.29) is 22.4 Å². The van der Waals surface area contributed by atoms with Gasteiger partial charge in [-0.05, 0) is 24.3 Å². The maximum Gasteiger partial charge on any atom is 0.345 e. The molecule has 0 fully saturated rings. The van der Waals surface area contributed by atoms with Crippen LogP contribution >= 0.6 is 11.3 Å². The fraction of sp³-hybridized carbons (Fsp3) is 0. The monoisotopic (exact) mass is 391 g/mol. The molecule has 0 amide bonds. The first-order chi connectivity index (χ1) is 13.5. The molecule has 0 aliphatic heterocycles. The quantitative estimate of drug-likeness (QED) is 0.217. The van der Waals surface area contributed by atoms with Crippen LogP contribution < -0.4 is 5.63 Å². The fourth-order valence-electron chi connectivity index (χ4n) is 2.58. The molecule has 4 rings (SSSR count). The Labute approximate surface area is 160 Å². The van der Waals surface area contributed by atoms with Crippen LogP contribution in [0.1, 0.15) is 10.8 Å². The van der Waals surface area contributed by atoms with Gasteiger partial charge in [-0.3, -0.25) is 10.1 Å². The van der Waals surface area contributed by atoms with Crippen molar-refractivity contribution in [2.24, 2.45) is 0 Å². The molecule has 0 aliphatic carbocycles. The second-order valence-corrected chi connectivity index (χ2v) is 6.51. The number of thiazole rings is 1. The Bertz CT molecular complexity index is 1330. The molecule has 0 spiro atoms. The number of nitrogens with zero attached hydrogens (tertiary/aromatic N) is 3. The van der Waals surface area contributed by atoms with Crippen molar-refractivity contribution in [3.63, 3.8) is 0 Å². The number of furan rings is 1. The topological polar surface area (TPSA) is 123 Å². The van der Waals surface area contributed by atoms with Gasteiger partial charge >= 0.3 is 5.63 Å². The molecular weight excluding hydrogens is 382 g/mol. The van der Waals surface area contributed by atoms with Gasteiger partial charge in [0.1, 0.15) is 22.4 Å². The predicted molar refractivity (Wildman–Crippen MR) is 102 cm³/mol. The minimum absolute atomic E-state index is 0.112. The molecule has 0 N–H and O–H groups in total. The number of aromatic nitrogens is 1. The van der Waals surface area contributed by atoms with Gasteiger partial charge in [0.15, 0.2) is 0 Å². The van der Waals surface area contributed by atoms with Crippen molar-refractivity contribution in [3.05, 3.63) is 79.3 Å². The number of non-ortho nitro benzene ring substituents is 1. The van der Waals surface area contributed by atoms with E-state index in [2.05, 4.69) is 11.1 Å². The number of allylic oxidation sites excluding steroid dienone is 1. The summed E-state index contributed by atoms with van der Waals surface area (Å²) in [4.78, 5) is 27.1. The van der Waals surface area contributed by atoms with E-state index in [0.29, 0.717) is 21.8 Å². The van der Waals surface area contributed by atoms with Gasteiger partial charge in [0, 0.05) is 29.0 Å². The lowest BCUT2D eigenvalue weighted by atomic mass is 10.1. The van der Waals surface area contributed by atoms with E-state index in [4.69, 9.17) is 8.83 Å². The van der Waals surface area contributed by atoms with E-state index in [1.165, 1.54) is 41.9 Å². The summed E-state index contributed by atoms with van der Waals surface area (Å²) in [5, 5.41) is 22.8. The number of nitriles is 1. The third-order valence-electron chi connectivity index (χ3n) is 3.89. The van der Waals surface area contributed by atoms with Crippen LogP contribution in [0.4, 0.5) is 5.69 Å². The van der Waals surface area contributed by atoms with E-state index >= 15 is 0 Å². The Morgan fingerprint density at radius 3 is 2.89 bits per heavy atom. The second-order valence-electron chi connectivity index (χ2n) is 5.65. The van der Waals surface area contributed by atoms with Gasteiger partial charge < -0.3 is 8.83 Å². The van der Waals surface area contributed by atoms with Crippen molar-refractivity contribution < 1.29 is 13.8 Å². The first-order valence-electron chi connectivity index (χ1n) is 7.89. The Kier molecular flexibility index (Phi) is 4.31. The molecule has 0 saturated carbocycles. The summed E-state index contributed by atoms with van der Waals surface area (Å²) in [6, 6.07) is 10.9. The average molecular weight is 391 g/mol. The van der Waals surface area contributed by atoms with E-state index in [1.807, 2.05) is 0 Å². The molecule has 3 aromatic heterocycles. The Balaban J connectivity index is 1.78. The van der Waals surface area contributed by atoms with Crippen LogP contribution in [0.25, 0.3) is 33.9 Å². The zero-order valence-corrected chi connectivity index (χ0v) is 14.8. The third-order valence-corrected chi connectivity index (χ3v) is 4.76. The Morgan fingerprint density at radius 2 is 2.18 bits per heavy atom. The van der Waals surface area contributed by atoms with Crippen molar-refractivity contribution in [2.45, 2.75) is 0 Å². The van der Waals surface area contributed by atoms with Crippen LogP contribution in [0.5, 0.6) is 0 Å². The van der Waals surface area contributed by atoms with Crippen molar-refractivity contribution in [2.75, 3.05) is 0 Å². The summed E-state index contributed by atoms with van der Waals surface area (Å²) in [5.41, 5.74) is 0.275. The van der Waals surface area contributed by atoms with Crippen LogP contribution in [0.3, 0.4) is 0 Å². The third kappa shape index (κ3) is 3.20. The molecule has 1 aromatic carbocycles. The van der Waals surface area contributed by atoms with Crippen molar-refractivity contribution >= 4 is 39.6 Å². The molecule has 0 unspecified atom stereocenters. The zero-order chi connectivity index (χ0) is 19.7. The number of benzene rings is 1. The number of hydrogen-bond acceptors (Lipinski definition) is 8. The summed E-state index contributed by atoms with van der Waals surface area (Å²) in [7, 11) is 0. The summed E-state index contributed by atoms with van der Waals surface area (Å²) in [6.45, 7) is 0. The lowest BCUT2D eigenvalue weighted by Crippen LogP contribution is -2.03. The molecule has 3 heterocycles. The van der Waals surface area contributed by atoms with Crippen LogP contribution in [-0.2, 0) is 0 Å². The van der Waals surface area contributed by atoms with Gasteiger partial charge in [0.05, 0.1) is 28.0 Å². The van der Waals surface area contributed by atoms with Gasteiger partial charge in [-0.25, -0.2) is 9.78 Å². The first-order valence-corrected chi connectivity index (χ1v) is 8.77. The number of nitro benzene ring substituents is 1. The zero-order valence-electron chi connectivity index (χ0n) is 14.0. The van der Waals surface area contributed by atoms with Crippen LogP contribution in [-0.4, -0.2) is 9.91 Å². The molecule has 8 nitrogen and oxygen atoms in total. The summed E-state index contributed by atoms with van der Waals surface area (Å²) < 4.78 is 10.5. The average Bonchev–Trinajstić information content (AvgIpc) is 3.37. The van der Waals surface area contributed by atoms with Crippen LogP contribution in [0, 0.1) is 21.4 Å². The molecule has 0 saturated heterocycles. The summed E-state index contributed by atoms with van der Waals surface area (Å²) in [5.74, 6) is 0.505. The maximum atomic E-state index is 12.3. The minimum atomic E-state index is -0.619. The van der Waals surface area contributed by atoms with Gasteiger partial charge in [0.25, 0.3) is 5.69 Å². The van der Waals surface area contributed by atoms with Gasteiger partial charge in [-0.2, -0.15) is 5.26 Å². The molecular formula is C19H9N3O5S. The molecule has 136 valence electrons. The van der Waals surface area contributed by atoms with Crippen LogP contribution in [0.2, 0.25) is 0 Å². The van der Waals surface area contributed by atoms with Gasteiger partial charge in [-0.1, -0.05) is 0 Å². The lowest BCUT2D eigenvalue weighted by molar-refractivity contribution is -0.384. The SMILES string of the molecule is N#C/C(=C/c1ccco1)c1nc(-c2cc3cc([N+](=O)[O-])ccc3oc2=O)cs1. The molecule has 0 bridgehead atoms. The van der Waals surface area contributed by atoms with E-state index in [0.717, 1.165) is 0 Å². The highest BCUT2D eigenvalue weighted by atomic mass is 32.1. The van der Waals surface area contributed by atoms with E-state index in [1.54, 1.807) is 23.6 Å². The van der Waals surface area contributed by atoms with Gasteiger partial charge in [0.2, 0.25) is 0 Å². The summed E-state index contributed by atoms with van der Waals surface area (Å²) in [6.07, 6.45) is 3.04. The van der Waals surface area contributed by atoms with Crippen molar-refractivity contribution in [1.29, 1.82) is 5.26 Å². The molecule has 0 atom stereocenters. The molecule has 0 radical (unpaired) electrons. The molecule has 4 aromatic rings. The Morgan fingerprint density at radius 1 is 1.32 bits per heavy atom. The minimum Gasteiger partial charge on any atom is -0.465 e. The molecule has 0 aliphatic rings. The highest BCUT2D eigenvalue weighted by molar-refractivity contribution is 7.11. The number of fused-ring (bicyclic) bond motifs is 1. The number of hydrogen-bond donors (Lipinski definition) is 0. The largest absolute Gasteiger partial charge is 0.465 e. The number of rotatable bonds is 4. The molecule has 9 heteroatoms. The number of nitro groups is 1. The normalized spacial score (nSPS) is 11.5. The van der Waals surface area contributed by atoms with Crippen molar-refractivity contribution in [3.8, 4) is 17.3 Å². The summed E-state index contributed by atoms with van der Waals surface area (Å²) >= 11 is 1.19. The predicted octanol–water partition coefficient (Wildman–Crippen LogP) is 4.48. The highest BCUT2D eigenvalue weighted by Gasteiger charge is 2.15. The lowest BCUT2D eigenvalue weighted by Gasteiger charge is -2.00. The highest BCUT2D eigenvalue weighted by Crippen LogP contribution is 2.28. The van der Waals surface area contributed by atoms with E-state index in [9.17, 15) is 20.2 Å². The van der Waals surface area contributed by atoms with Gasteiger partial charge in [-0.15, -0.1) is 11.3 Å². The van der Waals surface area contributed by atoms with Crippen molar-refractivity contribution in [1.82, 2.24) is 4.98 Å². The second kappa shape index (κ2) is 6.94. The smallest absolute Gasteiger partial charge is 0.345 e. The maximum absolute atomic E-state index is 12.3. The molecule has 28 heavy (non-hydrogen) atoms. The fourth-order valence-corrected chi connectivity index (χ4v) is 3.37. The standard InChI is InChI=1S/C19H9N3O5S/c20-9-12(7-14-2-1-5-26-14)18-21-16(10-28-18)15-8-11-6-13(22(24)25)3-4-17(11)27-19(15)23/h1-8,10H/b12-7-. The first kappa shape index (κ1) is 17.4. The Hall–Kier alpha value is -4.03. The van der Waals surface area contributed by atoms with E-state index < -0.39 is 10.5 Å².